The van der Waals surface area contributed by atoms with E-state index in [4.69, 9.17) is 0 Å². The predicted molar refractivity (Wildman–Crippen MR) is 264 cm³/mol. The number of anilines is 2. The number of benzene rings is 4. The van der Waals surface area contributed by atoms with Gasteiger partial charge in [-0.2, -0.15) is 0 Å². The minimum atomic E-state index is -0.580. The van der Waals surface area contributed by atoms with E-state index in [1.165, 1.54) is 106 Å². The summed E-state index contributed by atoms with van der Waals surface area (Å²) in [6.45, 7) is 13.9. The highest BCUT2D eigenvalue weighted by Crippen LogP contribution is 2.47. The Hall–Kier alpha value is -5.23. The molecule has 2 aliphatic carbocycles. The van der Waals surface area contributed by atoms with Gasteiger partial charge in [-0.25, -0.2) is 0 Å². The van der Waals surface area contributed by atoms with Gasteiger partial charge >= 0.3 is 0 Å². The summed E-state index contributed by atoms with van der Waals surface area (Å²) < 4.78 is 0. The summed E-state index contributed by atoms with van der Waals surface area (Å²) in [5, 5.41) is 12.7. The molecule has 4 saturated heterocycles. The fraction of sp³-hybridized carbons (Fsp3) is 0.518. The van der Waals surface area contributed by atoms with Crippen LogP contribution in [0.25, 0.3) is 0 Å². The summed E-state index contributed by atoms with van der Waals surface area (Å²) in [6, 6.07) is 32.8. The highest BCUT2D eigenvalue weighted by molar-refractivity contribution is 6.05. The zero-order valence-electron chi connectivity index (χ0n) is 39.2. The van der Waals surface area contributed by atoms with Crippen molar-refractivity contribution in [3.63, 3.8) is 0 Å². The first-order chi connectivity index (χ1) is 32.8. The van der Waals surface area contributed by atoms with E-state index in [9.17, 15) is 19.5 Å². The first-order valence-corrected chi connectivity index (χ1v) is 25.7. The molecule has 3 amide bonds. The van der Waals surface area contributed by atoms with Crippen LogP contribution in [0.3, 0.4) is 0 Å². The van der Waals surface area contributed by atoms with Crippen LogP contribution in [0.5, 0.6) is 5.75 Å². The molecule has 4 aromatic rings. The lowest BCUT2D eigenvalue weighted by atomic mass is 9.69. The van der Waals surface area contributed by atoms with Crippen molar-refractivity contribution in [3.8, 4) is 5.75 Å². The van der Waals surface area contributed by atoms with E-state index in [-0.39, 0.29) is 30.1 Å². The Bertz CT molecular complexity index is 2400. The predicted octanol–water partition coefficient (Wildman–Crippen LogP) is 7.23. The molecule has 352 valence electrons. The van der Waals surface area contributed by atoms with Gasteiger partial charge < -0.3 is 24.7 Å². The Morgan fingerprint density at radius 1 is 0.582 bits per heavy atom. The van der Waals surface area contributed by atoms with Crippen molar-refractivity contribution in [1.29, 1.82) is 0 Å². The summed E-state index contributed by atoms with van der Waals surface area (Å²) in [4.78, 5) is 52.5. The van der Waals surface area contributed by atoms with Crippen molar-refractivity contribution < 1.29 is 19.5 Å². The number of nitrogens with zero attached hydrogens (tertiary/aromatic N) is 6. The molecule has 5 heterocycles. The van der Waals surface area contributed by atoms with Crippen molar-refractivity contribution in [3.05, 3.63) is 124 Å². The Morgan fingerprint density at radius 3 is 1.96 bits per heavy atom. The molecule has 0 spiro atoms. The number of hydrogen-bond donors (Lipinski definition) is 2. The van der Waals surface area contributed by atoms with Crippen molar-refractivity contribution in [2.24, 2.45) is 11.8 Å². The van der Waals surface area contributed by atoms with Gasteiger partial charge in [-0.3, -0.25) is 29.5 Å². The largest absolute Gasteiger partial charge is 0.508 e. The van der Waals surface area contributed by atoms with Crippen LogP contribution in [0.2, 0.25) is 0 Å². The number of carbonyl (C=O) groups is 3. The molecule has 11 rings (SSSR count). The second-order valence-electron chi connectivity index (χ2n) is 20.9. The van der Waals surface area contributed by atoms with Gasteiger partial charge in [-0.05, 0) is 133 Å². The monoisotopic (exact) mass is 904 g/mol. The number of phenolic OH excluding ortho intramolecular Hbond substituents is 1. The second kappa shape index (κ2) is 19.4. The van der Waals surface area contributed by atoms with Gasteiger partial charge in [0.2, 0.25) is 11.8 Å². The molecule has 4 aromatic carbocycles. The van der Waals surface area contributed by atoms with E-state index in [1.807, 2.05) is 18.2 Å². The summed E-state index contributed by atoms with van der Waals surface area (Å²) in [5.41, 5.74) is 9.56. The Balaban J connectivity index is 0.634. The number of nitrogens with one attached hydrogen (secondary N) is 1. The van der Waals surface area contributed by atoms with Crippen molar-refractivity contribution in [2.75, 3.05) is 88.3 Å². The number of rotatable bonds is 10. The molecule has 1 saturated carbocycles. The third-order valence-corrected chi connectivity index (χ3v) is 17.1. The maximum Gasteiger partial charge on any atom is 0.255 e. The van der Waals surface area contributed by atoms with Gasteiger partial charge in [0.05, 0.1) is 0 Å². The second-order valence-corrected chi connectivity index (χ2v) is 20.9. The fourth-order valence-electron chi connectivity index (χ4n) is 13.3. The molecular formula is C56H69N7O4. The van der Waals surface area contributed by atoms with Gasteiger partial charge in [0, 0.05) is 120 Å². The normalized spacial score (nSPS) is 27.0. The number of aromatic hydroxyl groups is 1. The first kappa shape index (κ1) is 44.3. The van der Waals surface area contributed by atoms with Gasteiger partial charge in [0.25, 0.3) is 5.91 Å². The SMILES string of the molecule is O=C1CCC(N2Cc3cc(N4CCN(C[C@H]5CCCC[C@@H]5CN5CCN(C6CCN(c7ccc([C@@H]8c9ccc(O)cc9CC[C@@H]8c8ccccc8)cc7)CC6)CC5)CC4)ccc3C2=O)C(=O)N1. The number of aryl methyl sites for hydroxylation is 1. The van der Waals surface area contributed by atoms with Crippen molar-refractivity contribution in [2.45, 2.75) is 94.7 Å². The lowest BCUT2D eigenvalue weighted by Gasteiger charge is -2.45. The minimum absolute atomic E-state index is 0.108. The number of piperazine rings is 2. The molecule has 67 heavy (non-hydrogen) atoms. The molecule has 11 nitrogen and oxygen atoms in total. The van der Waals surface area contributed by atoms with Gasteiger partial charge in [0.1, 0.15) is 11.8 Å². The maximum atomic E-state index is 13.3. The molecule has 5 atom stereocenters. The molecule has 11 heteroatoms. The summed E-state index contributed by atoms with van der Waals surface area (Å²) >= 11 is 0. The van der Waals surface area contributed by atoms with Crippen LogP contribution < -0.4 is 15.1 Å². The molecule has 0 aromatic heterocycles. The number of carbonyl (C=O) groups excluding carboxylic acids is 3. The number of fused-ring (bicyclic) bond motifs is 2. The average Bonchev–Trinajstić information content (AvgIpc) is 3.69. The topological polar surface area (TPSA) is 103 Å². The number of amides is 3. The lowest BCUT2D eigenvalue weighted by Crippen LogP contribution is -2.54. The van der Waals surface area contributed by atoms with E-state index in [0.29, 0.717) is 36.2 Å². The van der Waals surface area contributed by atoms with Crippen LogP contribution in [0, 0.1) is 11.8 Å². The van der Waals surface area contributed by atoms with Crippen molar-refractivity contribution in [1.82, 2.24) is 24.9 Å². The third-order valence-electron chi connectivity index (χ3n) is 17.1. The van der Waals surface area contributed by atoms with Gasteiger partial charge in [-0.1, -0.05) is 61.4 Å². The molecule has 0 radical (unpaired) electrons. The Morgan fingerprint density at radius 2 is 1.25 bits per heavy atom. The molecule has 5 fully saturated rings. The van der Waals surface area contributed by atoms with E-state index in [2.05, 4.69) is 103 Å². The van der Waals surface area contributed by atoms with Crippen LogP contribution >= 0.6 is 0 Å². The molecule has 5 aliphatic heterocycles. The third kappa shape index (κ3) is 9.36. The average molecular weight is 904 g/mol. The van der Waals surface area contributed by atoms with E-state index >= 15 is 0 Å². The van der Waals surface area contributed by atoms with Crippen LogP contribution in [0.15, 0.2) is 91.0 Å². The van der Waals surface area contributed by atoms with Crippen LogP contribution in [-0.2, 0) is 22.6 Å². The van der Waals surface area contributed by atoms with E-state index in [1.54, 1.807) is 4.90 Å². The number of imide groups is 1. The van der Waals surface area contributed by atoms with Gasteiger partial charge in [0.15, 0.2) is 0 Å². The summed E-state index contributed by atoms with van der Waals surface area (Å²) in [6.07, 6.45) is 10.6. The number of piperidine rings is 2. The van der Waals surface area contributed by atoms with Crippen molar-refractivity contribution >= 4 is 29.1 Å². The smallest absolute Gasteiger partial charge is 0.255 e. The van der Waals surface area contributed by atoms with Gasteiger partial charge in [-0.15, -0.1) is 0 Å². The molecule has 1 unspecified atom stereocenters. The number of hydrogen-bond acceptors (Lipinski definition) is 9. The first-order valence-electron chi connectivity index (χ1n) is 25.7. The summed E-state index contributed by atoms with van der Waals surface area (Å²) in [7, 11) is 0. The summed E-state index contributed by atoms with van der Waals surface area (Å²) in [5.74, 6) is 1.88. The Kier molecular flexibility index (Phi) is 12.8. The van der Waals surface area contributed by atoms with Crippen LogP contribution in [-0.4, -0.2) is 133 Å². The maximum absolute atomic E-state index is 13.3. The lowest BCUT2D eigenvalue weighted by molar-refractivity contribution is -0.136. The van der Waals surface area contributed by atoms with E-state index in [0.717, 1.165) is 75.2 Å². The Labute approximate surface area is 397 Å². The highest BCUT2D eigenvalue weighted by atomic mass is 16.3. The zero-order chi connectivity index (χ0) is 45.4. The fourth-order valence-corrected chi connectivity index (χ4v) is 13.3. The van der Waals surface area contributed by atoms with Crippen LogP contribution in [0.4, 0.5) is 11.4 Å². The van der Waals surface area contributed by atoms with E-state index < -0.39 is 6.04 Å². The quantitative estimate of drug-likeness (QED) is 0.160. The molecule has 7 aliphatic rings. The zero-order valence-corrected chi connectivity index (χ0v) is 39.2. The highest BCUT2D eigenvalue weighted by Gasteiger charge is 2.40. The molecular weight excluding hydrogens is 835 g/mol. The minimum Gasteiger partial charge on any atom is -0.508 e. The molecule has 0 bridgehead atoms. The number of phenols is 1. The molecule has 2 N–H and O–H groups in total. The standard InChI is InChI=1S/C56H69N7O4/c64-48-16-19-50-41(35-48)12-17-49(39-6-2-1-3-7-39)54(50)40-10-13-45(14-11-40)60-24-22-46(23-25-60)61-30-26-58(27-31-61)36-42-8-4-5-9-43(42)37-59-28-32-62(33-29-59)47-15-18-51-44(34-47)38-63(56(51)67)52-20-21-53(65)57-55(52)66/h1-3,6-7,10-11,13-16,18-19,34-35,42-43,46,49,52,54,64H,4-5,8-9,12,17,20-33,36-38H2,(H,57,65,66)/t42-,43-,49-,52?,54+/m1/s1. The van der Waals surface area contributed by atoms with Crippen LogP contribution in [0.1, 0.15) is 108 Å².